The Morgan fingerprint density at radius 1 is 1.53 bits per heavy atom. The molecule has 1 unspecified atom stereocenters. The number of amides is 1. The molecule has 1 aromatic rings. The SMILES string of the molecule is CCOC(=O)C(N)C(=O)NCc1ccccn1. The normalized spacial score (nSPS) is 11.6. The summed E-state index contributed by atoms with van der Waals surface area (Å²) in [6.07, 6.45) is 1.62. The molecule has 0 saturated heterocycles. The Labute approximate surface area is 99.2 Å². The molecule has 0 bridgehead atoms. The molecule has 0 aliphatic rings. The fourth-order valence-electron chi connectivity index (χ4n) is 1.13. The number of nitrogens with one attached hydrogen (secondary N) is 1. The molecule has 0 aromatic carbocycles. The number of esters is 1. The number of ether oxygens (including phenoxy) is 1. The first-order chi connectivity index (χ1) is 8.15. The van der Waals surface area contributed by atoms with Crippen LogP contribution in [0, 0.1) is 0 Å². The van der Waals surface area contributed by atoms with Gasteiger partial charge in [-0.1, -0.05) is 6.07 Å². The lowest BCUT2D eigenvalue weighted by Crippen LogP contribution is -2.46. The maximum atomic E-state index is 11.5. The number of aromatic nitrogens is 1. The maximum Gasteiger partial charge on any atom is 0.332 e. The van der Waals surface area contributed by atoms with Gasteiger partial charge in [-0.25, -0.2) is 4.79 Å². The van der Waals surface area contributed by atoms with Crippen molar-refractivity contribution in [1.29, 1.82) is 0 Å². The van der Waals surface area contributed by atoms with Gasteiger partial charge in [0.2, 0.25) is 5.91 Å². The van der Waals surface area contributed by atoms with Gasteiger partial charge in [0.1, 0.15) is 0 Å². The maximum absolute atomic E-state index is 11.5. The Kier molecular flexibility index (Phi) is 5.09. The van der Waals surface area contributed by atoms with Gasteiger partial charge in [-0.2, -0.15) is 0 Å². The van der Waals surface area contributed by atoms with Crippen LogP contribution in [0.3, 0.4) is 0 Å². The van der Waals surface area contributed by atoms with E-state index >= 15 is 0 Å². The summed E-state index contributed by atoms with van der Waals surface area (Å²) < 4.78 is 4.64. The summed E-state index contributed by atoms with van der Waals surface area (Å²) in [6, 6.07) is 4.05. The van der Waals surface area contributed by atoms with E-state index in [4.69, 9.17) is 5.73 Å². The van der Waals surface area contributed by atoms with Gasteiger partial charge in [-0.05, 0) is 19.1 Å². The number of hydrogen-bond acceptors (Lipinski definition) is 5. The van der Waals surface area contributed by atoms with Crippen molar-refractivity contribution in [3.8, 4) is 0 Å². The monoisotopic (exact) mass is 237 g/mol. The van der Waals surface area contributed by atoms with Crippen molar-refractivity contribution in [1.82, 2.24) is 10.3 Å². The first kappa shape index (κ1) is 13.1. The van der Waals surface area contributed by atoms with Gasteiger partial charge >= 0.3 is 5.97 Å². The summed E-state index contributed by atoms with van der Waals surface area (Å²) in [5.41, 5.74) is 6.10. The van der Waals surface area contributed by atoms with Crippen LogP contribution >= 0.6 is 0 Å². The molecule has 1 aromatic heterocycles. The second kappa shape index (κ2) is 6.59. The van der Waals surface area contributed by atoms with Crippen molar-refractivity contribution >= 4 is 11.9 Å². The fourth-order valence-corrected chi connectivity index (χ4v) is 1.13. The molecule has 0 fully saturated rings. The smallest absolute Gasteiger partial charge is 0.332 e. The Hall–Kier alpha value is -1.95. The lowest BCUT2D eigenvalue weighted by atomic mass is 10.3. The lowest BCUT2D eigenvalue weighted by Gasteiger charge is -2.10. The third-order valence-electron chi connectivity index (χ3n) is 1.99. The average Bonchev–Trinajstić information content (AvgIpc) is 2.36. The van der Waals surface area contributed by atoms with E-state index in [0.717, 1.165) is 0 Å². The minimum atomic E-state index is -1.29. The van der Waals surface area contributed by atoms with Crippen LogP contribution in [0.15, 0.2) is 24.4 Å². The molecule has 0 saturated carbocycles. The van der Waals surface area contributed by atoms with Crippen LogP contribution in [0.4, 0.5) is 0 Å². The molecule has 1 rings (SSSR count). The van der Waals surface area contributed by atoms with Crippen LogP contribution in [-0.4, -0.2) is 29.5 Å². The van der Waals surface area contributed by atoms with Crippen LogP contribution in [-0.2, 0) is 20.9 Å². The number of pyridine rings is 1. The van der Waals surface area contributed by atoms with Gasteiger partial charge in [-0.15, -0.1) is 0 Å². The van der Waals surface area contributed by atoms with Gasteiger partial charge in [-0.3, -0.25) is 9.78 Å². The first-order valence-electron chi connectivity index (χ1n) is 5.25. The number of hydrogen-bond donors (Lipinski definition) is 2. The molecule has 0 aliphatic carbocycles. The van der Waals surface area contributed by atoms with Crippen LogP contribution in [0.2, 0.25) is 0 Å². The van der Waals surface area contributed by atoms with Crippen LogP contribution in [0.5, 0.6) is 0 Å². The Morgan fingerprint density at radius 2 is 2.29 bits per heavy atom. The zero-order valence-corrected chi connectivity index (χ0v) is 9.55. The summed E-state index contributed by atoms with van der Waals surface area (Å²) >= 11 is 0. The molecular formula is C11H15N3O3. The van der Waals surface area contributed by atoms with Gasteiger partial charge in [0.05, 0.1) is 18.8 Å². The first-order valence-corrected chi connectivity index (χ1v) is 5.25. The van der Waals surface area contributed by atoms with E-state index in [0.29, 0.717) is 5.69 Å². The predicted molar refractivity (Wildman–Crippen MR) is 60.7 cm³/mol. The number of carbonyl (C=O) groups excluding carboxylic acids is 2. The second-order valence-corrected chi connectivity index (χ2v) is 3.27. The van der Waals surface area contributed by atoms with Gasteiger partial charge in [0.15, 0.2) is 6.04 Å². The molecule has 0 radical (unpaired) electrons. The predicted octanol–water partition coefficient (Wildman–Crippen LogP) is -0.412. The van der Waals surface area contributed by atoms with Crippen molar-refractivity contribution in [2.45, 2.75) is 19.5 Å². The fraction of sp³-hybridized carbons (Fsp3) is 0.364. The van der Waals surface area contributed by atoms with E-state index in [-0.39, 0.29) is 13.2 Å². The number of nitrogens with two attached hydrogens (primary N) is 1. The zero-order chi connectivity index (χ0) is 12.7. The van der Waals surface area contributed by atoms with Crippen LogP contribution in [0.25, 0.3) is 0 Å². The van der Waals surface area contributed by atoms with Gasteiger partial charge in [0.25, 0.3) is 0 Å². The van der Waals surface area contributed by atoms with E-state index in [9.17, 15) is 9.59 Å². The van der Waals surface area contributed by atoms with Crippen molar-refractivity contribution in [2.24, 2.45) is 5.73 Å². The lowest BCUT2D eigenvalue weighted by molar-refractivity contribution is -0.148. The molecule has 0 aliphatic heterocycles. The highest BCUT2D eigenvalue weighted by atomic mass is 16.5. The summed E-state index contributed by atoms with van der Waals surface area (Å²) in [5.74, 6) is -1.31. The molecule has 0 spiro atoms. The largest absolute Gasteiger partial charge is 0.464 e. The Bertz CT molecular complexity index is 381. The number of nitrogens with zero attached hydrogens (tertiary/aromatic N) is 1. The number of carbonyl (C=O) groups is 2. The average molecular weight is 237 g/mol. The third kappa shape index (κ3) is 4.20. The summed E-state index contributed by atoms with van der Waals surface area (Å²) in [5, 5.41) is 2.51. The molecule has 1 heterocycles. The highest BCUT2D eigenvalue weighted by Crippen LogP contribution is 1.93. The summed E-state index contributed by atoms with van der Waals surface area (Å²) in [6.45, 7) is 2.07. The van der Waals surface area contributed by atoms with Gasteiger partial charge in [0, 0.05) is 6.20 Å². The molecule has 1 atom stereocenters. The summed E-state index contributed by atoms with van der Waals surface area (Å²) in [7, 11) is 0. The van der Waals surface area contributed by atoms with Crippen LogP contribution < -0.4 is 11.1 Å². The molecule has 92 valence electrons. The van der Waals surface area contributed by atoms with Gasteiger partial charge < -0.3 is 15.8 Å². The minimum absolute atomic E-state index is 0.194. The van der Waals surface area contributed by atoms with Crippen molar-refractivity contribution in [3.63, 3.8) is 0 Å². The molecule has 17 heavy (non-hydrogen) atoms. The Morgan fingerprint density at radius 3 is 2.88 bits per heavy atom. The summed E-state index contributed by atoms with van der Waals surface area (Å²) in [4.78, 5) is 26.7. The van der Waals surface area contributed by atoms with E-state index < -0.39 is 17.9 Å². The third-order valence-corrected chi connectivity index (χ3v) is 1.99. The zero-order valence-electron chi connectivity index (χ0n) is 9.55. The van der Waals surface area contributed by atoms with E-state index in [1.165, 1.54) is 0 Å². The molecular weight excluding hydrogens is 222 g/mol. The van der Waals surface area contributed by atoms with E-state index in [2.05, 4.69) is 15.0 Å². The number of rotatable bonds is 5. The molecule has 3 N–H and O–H groups in total. The molecule has 1 amide bonds. The van der Waals surface area contributed by atoms with Crippen molar-refractivity contribution in [2.75, 3.05) is 6.61 Å². The van der Waals surface area contributed by atoms with E-state index in [1.54, 1.807) is 31.3 Å². The van der Waals surface area contributed by atoms with E-state index in [1.807, 2.05) is 0 Å². The topological polar surface area (TPSA) is 94.3 Å². The van der Waals surface area contributed by atoms with Crippen molar-refractivity contribution in [3.05, 3.63) is 30.1 Å². The van der Waals surface area contributed by atoms with Crippen molar-refractivity contribution < 1.29 is 14.3 Å². The quantitative estimate of drug-likeness (QED) is 0.536. The molecule has 6 nitrogen and oxygen atoms in total. The molecule has 6 heteroatoms. The van der Waals surface area contributed by atoms with Crippen LogP contribution in [0.1, 0.15) is 12.6 Å². The highest BCUT2D eigenvalue weighted by molar-refractivity contribution is 6.01. The standard InChI is InChI=1S/C11H15N3O3/c1-2-17-11(16)9(12)10(15)14-7-8-5-3-4-6-13-8/h3-6,9H,2,7,12H2,1H3,(H,14,15). The highest BCUT2D eigenvalue weighted by Gasteiger charge is 2.22. The Balaban J connectivity index is 2.42. The second-order valence-electron chi connectivity index (χ2n) is 3.27. The minimum Gasteiger partial charge on any atom is -0.464 e.